The molecule has 234 valence electrons. The number of nitrogens with zero attached hydrogens (tertiary/aromatic N) is 4. The number of fused-ring (bicyclic) bond motifs is 1. The summed E-state index contributed by atoms with van der Waals surface area (Å²) in [6, 6.07) is 17.2. The Labute approximate surface area is 265 Å². The maximum Gasteiger partial charge on any atom is 0.253 e. The summed E-state index contributed by atoms with van der Waals surface area (Å²) < 4.78 is 35.0. The number of allylic oxidation sites excluding steroid dienone is 3. The Hall–Kier alpha value is -4.21. The second kappa shape index (κ2) is 11.9. The van der Waals surface area contributed by atoms with Crippen molar-refractivity contribution in [2.24, 2.45) is 0 Å². The molecule has 0 saturated carbocycles. The van der Waals surface area contributed by atoms with E-state index in [1.165, 1.54) is 14.4 Å². The van der Waals surface area contributed by atoms with Crippen molar-refractivity contribution in [1.29, 1.82) is 0 Å². The summed E-state index contributed by atoms with van der Waals surface area (Å²) >= 11 is 0. The highest BCUT2D eigenvalue weighted by Crippen LogP contribution is 2.40. The molecule has 8 nitrogen and oxygen atoms in total. The Morgan fingerprint density at radius 3 is 2.44 bits per heavy atom. The first kappa shape index (κ1) is 30.8. The molecular formula is C36H40N4O4S. The lowest BCUT2D eigenvalue weighted by atomic mass is 9.86. The molecule has 2 aromatic carbocycles. The van der Waals surface area contributed by atoms with Crippen molar-refractivity contribution in [3.63, 3.8) is 0 Å². The number of carbonyl (C=O) groups is 1. The van der Waals surface area contributed by atoms with Crippen LogP contribution in [0.4, 0.5) is 0 Å². The zero-order chi connectivity index (χ0) is 31.9. The fraction of sp³-hybridized carbons (Fsp3) is 0.333. The highest BCUT2D eigenvalue weighted by molar-refractivity contribution is 7.91. The van der Waals surface area contributed by atoms with E-state index < -0.39 is 14.8 Å². The molecule has 0 N–H and O–H groups in total. The van der Waals surface area contributed by atoms with Gasteiger partial charge in [0, 0.05) is 43.0 Å². The molecule has 1 fully saturated rings. The zero-order valence-electron chi connectivity index (χ0n) is 26.5. The third-order valence-corrected chi connectivity index (χ3v) is 11.5. The van der Waals surface area contributed by atoms with Gasteiger partial charge in [0.2, 0.25) is 10.0 Å². The van der Waals surface area contributed by atoms with Crippen LogP contribution in [0, 0.1) is 0 Å². The number of ether oxygens (including phenoxy) is 1. The highest BCUT2D eigenvalue weighted by Gasteiger charge is 2.41. The topological polar surface area (TPSA) is 84.7 Å². The van der Waals surface area contributed by atoms with Gasteiger partial charge in [-0.15, -0.1) is 0 Å². The molecule has 4 aromatic rings. The first-order valence-corrected chi connectivity index (χ1v) is 16.8. The Bertz CT molecular complexity index is 1920. The van der Waals surface area contributed by atoms with Gasteiger partial charge in [-0.2, -0.15) is 0 Å². The Morgan fingerprint density at radius 2 is 1.76 bits per heavy atom. The minimum atomic E-state index is -3.97. The van der Waals surface area contributed by atoms with Gasteiger partial charge in [0.1, 0.15) is 10.5 Å². The summed E-state index contributed by atoms with van der Waals surface area (Å²) in [7, 11) is 3.32. The number of benzene rings is 2. The predicted molar refractivity (Wildman–Crippen MR) is 180 cm³/mol. The normalized spacial score (nSPS) is 19.4. The number of amides is 1. The quantitative estimate of drug-likeness (QED) is 0.243. The van der Waals surface area contributed by atoms with E-state index in [0.29, 0.717) is 23.5 Å². The number of pyridine rings is 1. The third kappa shape index (κ3) is 5.59. The molecule has 6 rings (SSSR count). The van der Waals surface area contributed by atoms with Crippen molar-refractivity contribution in [2.45, 2.75) is 36.9 Å². The number of rotatable bonds is 7. The second-order valence-electron chi connectivity index (χ2n) is 12.5. The molecular weight excluding hydrogens is 584 g/mol. The number of methoxy groups -OCH3 is 1. The molecule has 1 saturated heterocycles. The van der Waals surface area contributed by atoms with Crippen molar-refractivity contribution < 1.29 is 17.9 Å². The highest BCUT2D eigenvalue weighted by atomic mass is 32.2. The molecule has 3 heterocycles. The summed E-state index contributed by atoms with van der Waals surface area (Å²) in [4.78, 5) is 20.8. The molecule has 1 atom stereocenters. The molecule has 1 unspecified atom stereocenters. The summed E-state index contributed by atoms with van der Waals surface area (Å²) in [6.07, 6.45) is 11.6. The maximum absolute atomic E-state index is 14.5. The third-order valence-electron chi connectivity index (χ3n) is 9.24. The largest absolute Gasteiger partial charge is 0.496 e. The summed E-state index contributed by atoms with van der Waals surface area (Å²) in [6.45, 7) is 3.89. The first-order valence-electron chi connectivity index (χ1n) is 15.3. The fourth-order valence-electron chi connectivity index (χ4n) is 6.48. The van der Waals surface area contributed by atoms with Crippen LogP contribution in [0.5, 0.6) is 5.75 Å². The van der Waals surface area contributed by atoms with E-state index >= 15 is 0 Å². The van der Waals surface area contributed by atoms with Crippen LogP contribution in [-0.4, -0.2) is 79.2 Å². The van der Waals surface area contributed by atoms with Crippen LogP contribution in [0.15, 0.2) is 85.2 Å². The first-order chi connectivity index (χ1) is 21.5. The monoisotopic (exact) mass is 624 g/mol. The minimum absolute atomic E-state index is 0.0943. The Balaban J connectivity index is 1.37. The number of hydrogen-bond acceptors (Lipinski definition) is 6. The number of hydrogen-bond donors (Lipinski definition) is 0. The molecule has 1 aliphatic heterocycles. The summed E-state index contributed by atoms with van der Waals surface area (Å²) in [5, 5.41) is 0.723. The molecule has 2 aliphatic rings. The SMILES string of the molecule is COc1cc(C2=CC(C)(S(=O)(=O)n3cc(-c4ccc(C(=O)N(C)C)cc4)c4cccnc43)CC=C2)ccc1C1CCN(C)CC1. The number of likely N-dealkylation sites (tertiary alicyclic amines) is 1. The van der Waals surface area contributed by atoms with Crippen molar-refractivity contribution in [2.75, 3.05) is 41.3 Å². The van der Waals surface area contributed by atoms with Crippen LogP contribution in [0.3, 0.4) is 0 Å². The molecule has 45 heavy (non-hydrogen) atoms. The molecule has 2 aromatic heterocycles. The van der Waals surface area contributed by atoms with E-state index in [9.17, 15) is 13.2 Å². The van der Waals surface area contributed by atoms with Gasteiger partial charge in [-0.1, -0.05) is 42.5 Å². The predicted octanol–water partition coefficient (Wildman–Crippen LogP) is 6.20. The van der Waals surface area contributed by atoms with E-state index in [0.717, 1.165) is 59.3 Å². The van der Waals surface area contributed by atoms with E-state index in [-0.39, 0.29) is 5.91 Å². The van der Waals surface area contributed by atoms with Gasteiger partial charge in [-0.25, -0.2) is 17.4 Å². The maximum atomic E-state index is 14.5. The lowest BCUT2D eigenvalue weighted by Gasteiger charge is -2.31. The van der Waals surface area contributed by atoms with Crippen LogP contribution >= 0.6 is 0 Å². The zero-order valence-corrected chi connectivity index (χ0v) is 27.3. The molecule has 0 radical (unpaired) electrons. The fourth-order valence-corrected chi connectivity index (χ4v) is 8.13. The van der Waals surface area contributed by atoms with Crippen molar-refractivity contribution in [1.82, 2.24) is 18.8 Å². The minimum Gasteiger partial charge on any atom is -0.496 e. The number of carbonyl (C=O) groups excluding carboxylic acids is 1. The van der Waals surface area contributed by atoms with Crippen LogP contribution in [0.25, 0.3) is 27.7 Å². The van der Waals surface area contributed by atoms with Crippen molar-refractivity contribution in [3.8, 4) is 16.9 Å². The van der Waals surface area contributed by atoms with E-state index in [1.807, 2.05) is 42.5 Å². The average molecular weight is 625 g/mol. The molecule has 0 spiro atoms. The summed E-state index contributed by atoms with van der Waals surface area (Å²) in [5.74, 6) is 1.19. The van der Waals surface area contributed by atoms with Crippen LogP contribution in [0.2, 0.25) is 0 Å². The standard InChI is InChI=1S/C36H40N4O4S/c1-36(18-6-8-29(23-36)28-14-15-30(33(22-28)44-5)26-16-20-39(4)21-17-26)45(42,43)40-24-32(31-9-7-19-37-34(31)40)25-10-12-27(13-11-25)35(41)38(2)3/h6-15,19,22-24,26H,16-18,20-21H2,1-5H3. The Kier molecular flexibility index (Phi) is 8.18. The van der Waals surface area contributed by atoms with E-state index in [4.69, 9.17) is 4.74 Å². The lowest BCUT2D eigenvalue weighted by molar-refractivity contribution is 0.0827. The smallest absolute Gasteiger partial charge is 0.253 e. The molecule has 0 bridgehead atoms. The van der Waals surface area contributed by atoms with Crippen molar-refractivity contribution in [3.05, 3.63) is 102 Å². The van der Waals surface area contributed by atoms with Gasteiger partial charge in [0.05, 0.1) is 7.11 Å². The van der Waals surface area contributed by atoms with Crippen LogP contribution in [-0.2, 0) is 10.0 Å². The van der Waals surface area contributed by atoms with E-state index in [1.54, 1.807) is 58.7 Å². The van der Waals surface area contributed by atoms with Gasteiger partial charge in [0.25, 0.3) is 5.91 Å². The van der Waals surface area contributed by atoms with E-state index in [2.05, 4.69) is 29.1 Å². The second-order valence-corrected chi connectivity index (χ2v) is 14.8. The molecule has 9 heteroatoms. The molecule has 1 amide bonds. The van der Waals surface area contributed by atoms with Gasteiger partial charge < -0.3 is 14.5 Å². The van der Waals surface area contributed by atoms with Gasteiger partial charge in [-0.3, -0.25) is 4.79 Å². The summed E-state index contributed by atoms with van der Waals surface area (Å²) in [5.41, 5.74) is 5.44. The van der Waals surface area contributed by atoms with Gasteiger partial charge in [0.15, 0.2) is 5.65 Å². The van der Waals surface area contributed by atoms with Crippen molar-refractivity contribution >= 4 is 32.5 Å². The van der Waals surface area contributed by atoms with Crippen LogP contribution < -0.4 is 4.74 Å². The number of piperidine rings is 1. The number of aromatic nitrogens is 2. The average Bonchev–Trinajstić information content (AvgIpc) is 3.45. The Morgan fingerprint density at radius 1 is 1.04 bits per heavy atom. The lowest BCUT2D eigenvalue weighted by Crippen LogP contribution is -2.38. The van der Waals surface area contributed by atoms with Gasteiger partial charge in [-0.05, 0) is 105 Å². The van der Waals surface area contributed by atoms with Crippen LogP contribution in [0.1, 0.15) is 53.6 Å². The van der Waals surface area contributed by atoms with Gasteiger partial charge >= 0.3 is 0 Å². The molecule has 1 aliphatic carbocycles.